The normalized spacial score (nSPS) is 23.1. The first-order chi connectivity index (χ1) is 17.4. The number of carbonyl (C=O) groups excluding carboxylic acids is 4. The van der Waals surface area contributed by atoms with E-state index in [1.54, 1.807) is 24.3 Å². The summed E-state index contributed by atoms with van der Waals surface area (Å²) in [6.07, 6.45) is 0. The van der Waals surface area contributed by atoms with Crippen molar-refractivity contribution < 1.29 is 23.9 Å². The van der Waals surface area contributed by atoms with E-state index in [1.165, 1.54) is 0 Å². The van der Waals surface area contributed by atoms with Crippen LogP contribution in [0.15, 0.2) is 77.3 Å². The van der Waals surface area contributed by atoms with Crippen molar-refractivity contribution in [1.82, 2.24) is 4.90 Å². The zero-order chi connectivity index (χ0) is 25.0. The molecule has 3 amide bonds. The number of esters is 1. The summed E-state index contributed by atoms with van der Waals surface area (Å²) in [5.41, 5.74) is 4.83. The van der Waals surface area contributed by atoms with Crippen LogP contribution < -0.4 is 5.32 Å². The lowest BCUT2D eigenvalue weighted by Gasteiger charge is -2.45. The van der Waals surface area contributed by atoms with Crippen LogP contribution in [0, 0.1) is 11.8 Å². The van der Waals surface area contributed by atoms with Crippen molar-refractivity contribution in [3.05, 3.63) is 99.5 Å². The van der Waals surface area contributed by atoms with Gasteiger partial charge in [0.25, 0.3) is 5.91 Å². The molecule has 2 atom stereocenters. The van der Waals surface area contributed by atoms with Crippen LogP contribution >= 0.6 is 15.9 Å². The van der Waals surface area contributed by atoms with Gasteiger partial charge in [-0.2, -0.15) is 0 Å². The maximum Gasteiger partial charge on any atom is 0.326 e. The zero-order valence-corrected chi connectivity index (χ0v) is 20.6. The molecule has 3 aromatic carbocycles. The van der Waals surface area contributed by atoms with Crippen molar-refractivity contribution in [3.63, 3.8) is 0 Å². The van der Waals surface area contributed by atoms with Crippen molar-refractivity contribution in [1.29, 1.82) is 0 Å². The number of halogens is 1. The first kappa shape index (κ1) is 22.7. The predicted octanol–water partition coefficient (Wildman–Crippen LogP) is 3.82. The highest BCUT2D eigenvalue weighted by Crippen LogP contribution is 2.60. The molecule has 2 bridgehead atoms. The van der Waals surface area contributed by atoms with E-state index in [0.29, 0.717) is 5.69 Å². The van der Waals surface area contributed by atoms with E-state index in [1.807, 2.05) is 48.5 Å². The maximum atomic E-state index is 13.5. The minimum Gasteiger partial charge on any atom is -0.454 e. The van der Waals surface area contributed by atoms with E-state index in [4.69, 9.17) is 4.74 Å². The average Bonchev–Trinajstić information content (AvgIpc) is 3.14. The minimum absolute atomic E-state index is 0.235. The molecule has 0 radical (unpaired) electrons. The molecule has 1 fully saturated rings. The number of amides is 3. The summed E-state index contributed by atoms with van der Waals surface area (Å²) >= 11 is 3.32. The van der Waals surface area contributed by atoms with Crippen molar-refractivity contribution in [3.8, 4) is 0 Å². The van der Waals surface area contributed by atoms with Gasteiger partial charge in [-0.1, -0.05) is 64.5 Å². The largest absolute Gasteiger partial charge is 0.454 e. The molecule has 8 heteroatoms. The van der Waals surface area contributed by atoms with E-state index in [0.717, 1.165) is 31.6 Å². The number of hydrogen-bond acceptors (Lipinski definition) is 5. The van der Waals surface area contributed by atoms with Gasteiger partial charge in [-0.3, -0.25) is 24.1 Å². The van der Waals surface area contributed by atoms with Crippen LogP contribution in [-0.2, 0) is 23.9 Å². The predicted molar refractivity (Wildman–Crippen MR) is 134 cm³/mol. The number of ether oxygens (including phenoxy) is 1. The lowest BCUT2D eigenvalue weighted by molar-refractivity contribution is -0.154. The third kappa shape index (κ3) is 3.55. The van der Waals surface area contributed by atoms with Crippen LogP contribution in [0.3, 0.4) is 0 Å². The molecule has 0 aromatic heterocycles. The monoisotopic (exact) mass is 544 g/mol. The number of nitrogens with one attached hydrogen (secondary N) is 1. The van der Waals surface area contributed by atoms with Crippen LogP contribution in [0.25, 0.3) is 0 Å². The maximum absolute atomic E-state index is 13.5. The molecule has 7 rings (SSSR count). The van der Waals surface area contributed by atoms with Crippen molar-refractivity contribution >= 4 is 45.3 Å². The Bertz CT molecular complexity index is 1300. The Labute approximate surface area is 215 Å². The Hall–Kier alpha value is -3.78. The molecule has 4 aliphatic rings. The molecule has 3 aromatic rings. The van der Waals surface area contributed by atoms with Crippen molar-refractivity contribution in [2.75, 3.05) is 18.5 Å². The number of nitrogens with zero attached hydrogens (tertiary/aromatic N) is 1. The fourth-order valence-corrected chi connectivity index (χ4v) is 6.21. The fourth-order valence-electron chi connectivity index (χ4n) is 5.95. The van der Waals surface area contributed by atoms with E-state index in [-0.39, 0.29) is 23.7 Å². The number of carbonyl (C=O) groups is 4. The molecule has 3 aliphatic carbocycles. The summed E-state index contributed by atoms with van der Waals surface area (Å²) in [7, 11) is 0. The van der Waals surface area contributed by atoms with Crippen molar-refractivity contribution in [2.45, 2.75) is 11.8 Å². The van der Waals surface area contributed by atoms with Crippen LogP contribution in [0.4, 0.5) is 5.69 Å². The van der Waals surface area contributed by atoms with E-state index < -0.39 is 36.9 Å². The molecule has 1 N–H and O–H groups in total. The Morgan fingerprint density at radius 2 is 1.25 bits per heavy atom. The van der Waals surface area contributed by atoms with Gasteiger partial charge < -0.3 is 10.1 Å². The number of likely N-dealkylation sites (tertiary alicyclic amines) is 1. The molecule has 0 spiro atoms. The van der Waals surface area contributed by atoms with E-state index in [9.17, 15) is 19.2 Å². The Kier molecular flexibility index (Phi) is 5.48. The van der Waals surface area contributed by atoms with Gasteiger partial charge in [-0.05, 0) is 46.5 Å². The highest BCUT2D eigenvalue weighted by Gasteiger charge is 2.61. The van der Waals surface area contributed by atoms with Crippen molar-refractivity contribution in [2.24, 2.45) is 11.8 Å². The van der Waals surface area contributed by atoms with Gasteiger partial charge in [0.05, 0.1) is 11.8 Å². The van der Waals surface area contributed by atoms with Crippen LogP contribution in [-0.4, -0.2) is 41.7 Å². The molecular formula is C28H21BrN2O5. The number of rotatable bonds is 5. The summed E-state index contributed by atoms with van der Waals surface area (Å²) in [6, 6.07) is 22.9. The Morgan fingerprint density at radius 3 is 1.72 bits per heavy atom. The zero-order valence-electron chi connectivity index (χ0n) is 19.0. The molecular weight excluding hydrogens is 524 g/mol. The highest BCUT2D eigenvalue weighted by atomic mass is 79.9. The smallest absolute Gasteiger partial charge is 0.326 e. The van der Waals surface area contributed by atoms with E-state index in [2.05, 4.69) is 21.2 Å². The number of anilines is 1. The van der Waals surface area contributed by atoms with Crippen LogP contribution in [0.2, 0.25) is 0 Å². The summed E-state index contributed by atoms with van der Waals surface area (Å²) in [5, 5.41) is 2.63. The number of benzene rings is 3. The summed E-state index contributed by atoms with van der Waals surface area (Å²) < 4.78 is 5.97. The second-order valence-corrected chi connectivity index (χ2v) is 10.2. The van der Waals surface area contributed by atoms with Gasteiger partial charge in [0.1, 0.15) is 6.54 Å². The summed E-state index contributed by atoms with van der Waals surface area (Å²) in [4.78, 5) is 52.8. The second kappa shape index (κ2) is 8.71. The Balaban J connectivity index is 1.18. The first-order valence-corrected chi connectivity index (χ1v) is 12.5. The SMILES string of the molecule is O=C(COC(=O)CN1C(=O)[C@@H]2C3c4ccccc4C(c4ccccc43)[C@@H]2C1=O)Nc1ccc(Br)cc1. The van der Waals surface area contributed by atoms with Crippen LogP contribution in [0.1, 0.15) is 34.1 Å². The fraction of sp³-hybridized carbons (Fsp3) is 0.214. The molecule has 36 heavy (non-hydrogen) atoms. The van der Waals surface area contributed by atoms with Gasteiger partial charge in [-0.25, -0.2) is 0 Å². The molecule has 1 aliphatic heterocycles. The first-order valence-electron chi connectivity index (χ1n) is 11.7. The van der Waals surface area contributed by atoms with E-state index >= 15 is 0 Å². The molecule has 0 saturated carbocycles. The van der Waals surface area contributed by atoms with Gasteiger partial charge >= 0.3 is 5.97 Å². The third-order valence-electron chi connectivity index (χ3n) is 7.32. The summed E-state index contributed by atoms with van der Waals surface area (Å²) in [6.45, 7) is -1.03. The highest BCUT2D eigenvalue weighted by molar-refractivity contribution is 9.10. The molecule has 180 valence electrons. The number of hydrogen-bond donors (Lipinski definition) is 1. The lowest BCUT2D eigenvalue weighted by atomic mass is 9.55. The standard InChI is InChI=1S/C28H21BrN2O5/c29-15-9-11-16(12-10-15)30-21(32)14-36-22(33)13-31-27(34)25-23-17-5-1-2-6-18(17)24(26(25)28(31)35)20-8-4-3-7-19(20)23/h1-12,23-26H,13-14H2,(H,30,32)/t23?,24?,25-,26+. The summed E-state index contributed by atoms with van der Waals surface area (Å²) in [5.74, 6) is -3.61. The molecule has 1 heterocycles. The van der Waals surface area contributed by atoms with Gasteiger partial charge in [0, 0.05) is 22.0 Å². The van der Waals surface area contributed by atoms with Crippen LogP contribution in [0.5, 0.6) is 0 Å². The second-order valence-electron chi connectivity index (χ2n) is 9.24. The minimum atomic E-state index is -0.802. The molecule has 0 unspecified atom stereocenters. The molecule has 7 nitrogen and oxygen atoms in total. The molecule has 1 saturated heterocycles. The quantitative estimate of drug-likeness (QED) is 0.389. The lowest BCUT2D eigenvalue weighted by Crippen LogP contribution is -2.41. The third-order valence-corrected chi connectivity index (χ3v) is 7.85. The Morgan fingerprint density at radius 1 is 0.778 bits per heavy atom. The average molecular weight is 545 g/mol. The van der Waals surface area contributed by atoms with Gasteiger partial charge in [-0.15, -0.1) is 0 Å². The number of imide groups is 1. The topological polar surface area (TPSA) is 92.8 Å². The van der Waals surface area contributed by atoms with Gasteiger partial charge in [0.15, 0.2) is 6.61 Å². The van der Waals surface area contributed by atoms with Gasteiger partial charge in [0.2, 0.25) is 11.8 Å².